The van der Waals surface area contributed by atoms with Gasteiger partial charge in [-0.2, -0.15) is 0 Å². The molecule has 1 aliphatic carbocycles. The van der Waals surface area contributed by atoms with Crippen LogP contribution in [0.1, 0.15) is 55.4 Å². The molecule has 0 bridgehead atoms. The summed E-state index contributed by atoms with van der Waals surface area (Å²) in [4.78, 5) is 0. The first kappa shape index (κ1) is 13.5. The first-order valence-corrected chi connectivity index (χ1v) is 6.63. The van der Waals surface area contributed by atoms with E-state index in [1.807, 2.05) is 0 Å². The summed E-state index contributed by atoms with van der Waals surface area (Å²) in [6.45, 7) is 18.8. The van der Waals surface area contributed by atoms with Crippen molar-refractivity contribution in [1.82, 2.24) is 0 Å². The van der Waals surface area contributed by atoms with Crippen LogP contribution in [0.25, 0.3) is 0 Å². The van der Waals surface area contributed by atoms with Crippen molar-refractivity contribution < 1.29 is 0 Å². The molecule has 0 radical (unpaired) electrons. The molecule has 0 nitrogen and oxygen atoms in total. The summed E-state index contributed by atoms with van der Waals surface area (Å²) in [5.41, 5.74) is 6.44. The minimum atomic E-state index is 0.685. The molecule has 0 aromatic rings. The summed E-state index contributed by atoms with van der Waals surface area (Å²) >= 11 is 0. The van der Waals surface area contributed by atoms with Gasteiger partial charge in [0, 0.05) is 0 Å². The maximum Gasteiger partial charge on any atom is -0.0169 e. The van der Waals surface area contributed by atoms with Crippen LogP contribution >= 0.6 is 0 Å². The van der Waals surface area contributed by atoms with E-state index in [1.165, 1.54) is 0 Å². The molecular weight excluding hydrogens is 192 g/mol. The highest BCUT2D eigenvalue weighted by molar-refractivity contribution is 5.27. The van der Waals surface area contributed by atoms with Crippen LogP contribution in [0.5, 0.6) is 0 Å². The lowest BCUT2D eigenvalue weighted by Crippen LogP contribution is -2.22. The second-order valence-corrected chi connectivity index (χ2v) is 5.89. The van der Waals surface area contributed by atoms with Gasteiger partial charge in [0.25, 0.3) is 0 Å². The Bertz CT molecular complexity index is 264. The van der Waals surface area contributed by atoms with Gasteiger partial charge < -0.3 is 0 Å². The van der Waals surface area contributed by atoms with E-state index >= 15 is 0 Å². The fraction of sp³-hybridized carbons (Fsp3) is 0.750. The van der Waals surface area contributed by atoms with E-state index < -0.39 is 0 Å². The molecule has 0 heteroatoms. The summed E-state index contributed by atoms with van der Waals surface area (Å²) in [6.07, 6.45) is 0. The van der Waals surface area contributed by atoms with Crippen molar-refractivity contribution in [2.24, 2.45) is 23.7 Å². The van der Waals surface area contributed by atoms with Crippen LogP contribution in [0.3, 0.4) is 0 Å². The largest absolute Gasteiger partial charge is 0.0707 e. The standard InChI is InChI=1S/C16H28/c1-9-10(2)12(4)14(6)16(8)15(7)13(5)11(9)3/h9-10,15-16H,1-8H3. The normalized spacial score (nSPS) is 37.5. The minimum Gasteiger partial charge on any atom is -0.0707 e. The van der Waals surface area contributed by atoms with E-state index in [0.717, 1.165) is 0 Å². The highest BCUT2D eigenvalue weighted by Crippen LogP contribution is 2.39. The zero-order chi connectivity index (χ0) is 12.6. The zero-order valence-corrected chi connectivity index (χ0v) is 12.3. The van der Waals surface area contributed by atoms with Gasteiger partial charge in [0.15, 0.2) is 0 Å². The van der Waals surface area contributed by atoms with E-state index in [9.17, 15) is 0 Å². The van der Waals surface area contributed by atoms with Gasteiger partial charge in [0.2, 0.25) is 0 Å². The van der Waals surface area contributed by atoms with Crippen molar-refractivity contribution in [1.29, 1.82) is 0 Å². The Morgan fingerprint density at radius 3 is 0.688 bits per heavy atom. The van der Waals surface area contributed by atoms with E-state index in [2.05, 4.69) is 55.4 Å². The van der Waals surface area contributed by atoms with Gasteiger partial charge in [-0.15, -0.1) is 0 Å². The molecule has 0 amide bonds. The van der Waals surface area contributed by atoms with Gasteiger partial charge in [-0.05, 0) is 51.4 Å². The fourth-order valence-corrected chi connectivity index (χ4v) is 2.94. The second-order valence-electron chi connectivity index (χ2n) is 5.89. The average Bonchev–Trinajstić information content (AvgIpc) is 2.30. The van der Waals surface area contributed by atoms with Crippen molar-refractivity contribution in [2.75, 3.05) is 0 Å². The molecule has 1 aliphatic rings. The van der Waals surface area contributed by atoms with Crippen LogP contribution in [0.4, 0.5) is 0 Å². The third-order valence-corrected chi connectivity index (χ3v) is 5.48. The van der Waals surface area contributed by atoms with Crippen LogP contribution in [0, 0.1) is 23.7 Å². The fourth-order valence-electron chi connectivity index (χ4n) is 2.94. The molecule has 0 spiro atoms. The third-order valence-electron chi connectivity index (χ3n) is 5.48. The van der Waals surface area contributed by atoms with Crippen LogP contribution in [0.2, 0.25) is 0 Å². The number of rotatable bonds is 0. The van der Waals surface area contributed by atoms with Crippen molar-refractivity contribution in [3.05, 3.63) is 22.3 Å². The Morgan fingerprint density at radius 1 is 0.438 bits per heavy atom. The van der Waals surface area contributed by atoms with Crippen molar-refractivity contribution in [2.45, 2.75) is 55.4 Å². The summed E-state index contributed by atoms with van der Waals surface area (Å²) < 4.78 is 0. The molecular formula is C16H28. The maximum atomic E-state index is 2.38. The first-order chi connectivity index (χ1) is 7.29. The van der Waals surface area contributed by atoms with Crippen molar-refractivity contribution in [3.8, 4) is 0 Å². The first-order valence-electron chi connectivity index (χ1n) is 6.63. The highest BCUT2D eigenvalue weighted by Gasteiger charge is 2.27. The predicted octanol–water partition coefficient (Wildman–Crippen LogP) is 5.22. The number of allylic oxidation sites excluding steroid dienone is 4. The second kappa shape index (κ2) is 4.77. The Morgan fingerprint density at radius 2 is 0.562 bits per heavy atom. The Hall–Kier alpha value is -0.520. The van der Waals surface area contributed by atoms with Crippen LogP contribution in [-0.2, 0) is 0 Å². The molecule has 0 saturated carbocycles. The zero-order valence-electron chi connectivity index (χ0n) is 12.3. The Balaban J connectivity index is 3.29. The molecule has 4 atom stereocenters. The molecule has 0 heterocycles. The van der Waals surface area contributed by atoms with Gasteiger partial charge >= 0.3 is 0 Å². The molecule has 4 unspecified atom stereocenters. The SMILES string of the molecule is CC1=C(C)C(C)C(C)C(C)=C(C)C(C)C1C. The topological polar surface area (TPSA) is 0 Å². The molecule has 92 valence electrons. The monoisotopic (exact) mass is 220 g/mol. The lowest BCUT2D eigenvalue weighted by molar-refractivity contribution is 0.426. The molecule has 0 fully saturated rings. The lowest BCUT2D eigenvalue weighted by Gasteiger charge is -2.34. The quantitative estimate of drug-likeness (QED) is 0.491. The van der Waals surface area contributed by atoms with Crippen LogP contribution in [-0.4, -0.2) is 0 Å². The average molecular weight is 220 g/mol. The van der Waals surface area contributed by atoms with E-state index in [0.29, 0.717) is 23.7 Å². The Kier molecular flexibility index (Phi) is 4.04. The lowest BCUT2D eigenvalue weighted by atomic mass is 9.71. The summed E-state index contributed by atoms with van der Waals surface area (Å²) in [5, 5.41) is 0. The third kappa shape index (κ3) is 2.12. The van der Waals surface area contributed by atoms with E-state index in [-0.39, 0.29) is 0 Å². The van der Waals surface area contributed by atoms with Crippen molar-refractivity contribution >= 4 is 0 Å². The molecule has 0 aromatic carbocycles. The number of hydrogen-bond acceptors (Lipinski definition) is 0. The molecule has 0 saturated heterocycles. The van der Waals surface area contributed by atoms with Gasteiger partial charge in [-0.3, -0.25) is 0 Å². The molecule has 0 aliphatic heterocycles. The molecule has 16 heavy (non-hydrogen) atoms. The number of hydrogen-bond donors (Lipinski definition) is 0. The Labute approximate surface area is 102 Å². The molecule has 0 N–H and O–H groups in total. The van der Waals surface area contributed by atoms with Gasteiger partial charge in [-0.1, -0.05) is 50.0 Å². The predicted molar refractivity (Wildman–Crippen MR) is 73.4 cm³/mol. The van der Waals surface area contributed by atoms with E-state index in [4.69, 9.17) is 0 Å². The smallest absolute Gasteiger partial charge is 0.0169 e. The molecule has 1 rings (SSSR count). The minimum absolute atomic E-state index is 0.685. The maximum absolute atomic E-state index is 2.38. The van der Waals surface area contributed by atoms with Gasteiger partial charge in [0.05, 0.1) is 0 Å². The summed E-state index contributed by atoms with van der Waals surface area (Å²) in [7, 11) is 0. The molecule has 0 aromatic heterocycles. The summed E-state index contributed by atoms with van der Waals surface area (Å²) in [6, 6.07) is 0. The summed E-state index contributed by atoms with van der Waals surface area (Å²) in [5.74, 6) is 2.74. The van der Waals surface area contributed by atoms with E-state index in [1.54, 1.807) is 22.3 Å². The highest BCUT2D eigenvalue weighted by atomic mass is 14.3. The van der Waals surface area contributed by atoms with Gasteiger partial charge in [0.1, 0.15) is 0 Å². The van der Waals surface area contributed by atoms with Crippen LogP contribution < -0.4 is 0 Å². The van der Waals surface area contributed by atoms with Gasteiger partial charge in [-0.25, -0.2) is 0 Å². The van der Waals surface area contributed by atoms with Crippen LogP contribution in [0.15, 0.2) is 22.3 Å². The van der Waals surface area contributed by atoms with Crippen molar-refractivity contribution in [3.63, 3.8) is 0 Å².